The Morgan fingerprint density at radius 1 is 0.950 bits per heavy atom. The summed E-state index contributed by atoms with van der Waals surface area (Å²) in [5.41, 5.74) is 0.402. The SMILES string of the molecule is COC=C(C)C(=O)OCCOCCOCCOCCO. The molecule has 0 aliphatic rings. The van der Waals surface area contributed by atoms with E-state index < -0.39 is 5.97 Å². The fourth-order valence-corrected chi connectivity index (χ4v) is 1.14. The van der Waals surface area contributed by atoms with Crippen LogP contribution in [0.2, 0.25) is 0 Å². The molecule has 7 heteroatoms. The van der Waals surface area contributed by atoms with Crippen molar-refractivity contribution in [1.82, 2.24) is 0 Å². The molecule has 0 spiro atoms. The van der Waals surface area contributed by atoms with Gasteiger partial charge in [-0.05, 0) is 6.92 Å². The molecule has 0 radical (unpaired) electrons. The van der Waals surface area contributed by atoms with Crippen molar-refractivity contribution in [2.24, 2.45) is 0 Å². The van der Waals surface area contributed by atoms with Crippen LogP contribution in [0.1, 0.15) is 6.92 Å². The highest BCUT2D eigenvalue weighted by Gasteiger charge is 2.05. The lowest BCUT2D eigenvalue weighted by Gasteiger charge is -2.07. The number of aliphatic hydroxyl groups excluding tert-OH is 1. The van der Waals surface area contributed by atoms with Crippen molar-refractivity contribution in [3.05, 3.63) is 11.8 Å². The summed E-state index contributed by atoms with van der Waals surface area (Å²) in [7, 11) is 1.47. The van der Waals surface area contributed by atoms with Crippen LogP contribution in [0.5, 0.6) is 0 Å². The predicted octanol–water partition coefficient (Wildman–Crippen LogP) is 0.122. The zero-order valence-corrected chi connectivity index (χ0v) is 12.1. The normalized spacial score (nSPS) is 11.4. The summed E-state index contributed by atoms with van der Waals surface area (Å²) in [5, 5.41) is 8.46. The Labute approximate surface area is 119 Å². The van der Waals surface area contributed by atoms with Gasteiger partial charge in [-0.25, -0.2) is 4.79 Å². The molecule has 0 heterocycles. The minimum absolute atomic E-state index is 0.0148. The molecule has 0 aliphatic heterocycles. The largest absolute Gasteiger partial charge is 0.504 e. The molecule has 0 aromatic carbocycles. The average molecular weight is 292 g/mol. The Morgan fingerprint density at radius 2 is 1.45 bits per heavy atom. The summed E-state index contributed by atoms with van der Waals surface area (Å²) in [6, 6.07) is 0. The average Bonchev–Trinajstić information content (AvgIpc) is 2.44. The van der Waals surface area contributed by atoms with Crippen LogP contribution in [0.3, 0.4) is 0 Å². The maximum atomic E-state index is 11.3. The standard InChI is InChI=1S/C13H24O7/c1-12(11-16-2)13(15)20-10-9-19-8-7-18-6-5-17-4-3-14/h11,14H,3-10H2,1-2H3. The molecule has 0 aliphatic carbocycles. The first-order chi connectivity index (χ1) is 9.72. The Bertz CT molecular complexity index is 265. The number of carbonyl (C=O) groups is 1. The maximum absolute atomic E-state index is 11.3. The van der Waals surface area contributed by atoms with Gasteiger partial charge in [0.1, 0.15) is 6.61 Å². The van der Waals surface area contributed by atoms with Gasteiger partial charge in [-0.3, -0.25) is 0 Å². The minimum atomic E-state index is -0.423. The van der Waals surface area contributed by atoms with Gasteiger partial charge in [-0.15, -0.1) is 0 Å². The summed E-state index contributed by atoms with van der Waals surface area (Å²) in [4.78, 5) is 11.3. The molecular weight excluding hydrogens is 268 g/mol. The molecule has 0 rings (SSSR count). The van der Waals surface area contributed by atoms with Gasteiger partial charge in [0.05, 0.1) is 65.2 Å². The quantitative estimate of drug-likeness (QED) is 0.223. The molecule has 0 saturated carbocycles. The van der Waals surface area contributed by atoms with Crippen LogP contribution in [0.15, 0.2) is 11.8 Å². The van der Waals surface area contributed by atoms with Crippen molar-refractivity contribution in [3.63, 3.8) is 0 Å². The van der Waals surface area contributed by atoms with E-state index in [9.17, 15) is 4.79 Å². The first kappa shape index (κ1) is 18.9. The second-order valence-electron chi connectivity index (χ2n) is 3.73. The number of hydrogen-bond acceptors (Lipinski definition) is 7. The van der Waals surface area contributed by atoms with E-state index in [1.165, 1.54) is 13.4 Å². The number of methoxy groups -OCH3 is 1. The van der Waals surface area contributed by atoms with Crippen LogP contribution < -0.4 is 0 Å². The van der Waals surface area contributed by atoms with Gasteiger partial charge in [-0.1, -0.05) is 0 Å². The number of esters is 1. The number of hydrogen-bond donors (Lipinski definition) is 1. The van der Waals surface area contributed by atoms with E-state index in [1.54, 1.807) is 6.92 Å². The second-order valence-corrected chi connectivity index (χ2v) is 3.73. The molecule has 0 aromatic heterocycles. The minimum Gasteiger partial charge on any atom is -0.504 e. The van der Waals surface area contributed by atoms with Crippen molar-refractivity contribution < 1.29 is 33.6 Å². The number of ether oxygens (including phenoxy) is 5. The predicted molar refractivity (Wildman–Crippen MR) is 71.3 cm³/mol. The summed E-state index contributed by atoms with van der Waals surface area (Å²) < 4.78 is 25.1. The van der Waals surface area contributed by atoms with Gasteiger partial charge in [-0.2, -0.15) is 0 Å². The zero-order valence-electron chi connectivity index (χ0n) is 12.1. The summed E-state index contributed by atoms with van der Waals surface area (Å²) >= 11 is 0. The monoisotopic (exact) mass is 292 g/mol. The lowest BCUT2D eigenvalue weighted by atomic mass is 10.3. The van der Waals surface area contributed by atoms with E-state index in [0.29, 0.717) is 45.2 Å². The van der Waals surface area contributed by atoms with Crippen LogP contribution in [0, 0.1) is 0 Å². The van der Waals surface area contributed by atoms with Gasteiger partial charge < -0.3 is 28.8 Å². The molecule has 0 aromatic rings. The van der Waals surface area contributed by atoms with Gasteiger partial charge in [0.15, 0.2) is 0 Å². The molecule has 0 saturated heterocycles. The first-order valence-electron chi connectivity index (χ1n) is 6.43. The fourth-order valence-electron chi connectivity index (χ4n) is 1.14. The van der Waals surface area contributed by atoms with Crippen LogP contribution in [0.25, 0.3) is 0 Å². The second kappa shape index (κ2) is 14.3. The number of rotatable bonds is 13. The summed E-state index contributed by atoms with van der Waals surface area (Å²) in [5.74, 6) is -0.423. The number of carbonyl (C=O) groups excluding carboxylic acids is 1. The Balaban J connectivity index is 3.24. The Morgan fingerprint density at radius 3 is 1.95 bits per heavy atom. The highest BCUT2D eigenvalue weighted by atomic mass is 16.6. The molecule has 0 unspecified atom stereocenters. The van der Waals surface area contributed by atoms with Crippen molar-refractivity contribution in [1.29, 1.82) is 0 Å². The fraction of sp³-hybridized carbons (Fsp3) is 0.769. The van der Waals surface area contributed by atoms with Crippen molar-refractivity contribution in [3.8, 4) is 0 Å². The summed E-state index contributed by atoms with van der Waals surface area (Å²) in [6.07, 6.45) is 1.33. The molecule has 0 atom stereocenters. The third-order valence-electron chi connectivity index (χ3n) is 2.06. The Hall–Kier alpha value is -1.15. The van der Waals surface area contributed by atoms with Crippen LogP contribution in [-0.2, 0) is 28.5 Å². The molecule has 118 valence electrons. The van der Waals surface area contributed by atoms with Gasteiger partial charge in [0.25, 0.3) is 0 Å². The van der Waals surface area contributed by atoms with Crippen LogP contribution in [-0.4, -0.2) is 71.0 Å². The van der Waals surface area contributed by atoms with E-state index in [1.807, 2.05) is 0 Å². The van der Waals surface area contributed by atoms with Gasteiger partial charge >= 0.3 is 5.97 Å². The Kier molecular flexibility index (Phi) is 13.4. The molecule has 0 bridgehead atoms. The van der Waals surface area contributed by atoms with Crippen molar-refractivity contribution in [2.75, 3.05) is 60.0 Å². The maximum Gasteiger partial charge on any atom is 0.336 e. The van der Waals surface area contributed by atoms with E-state index in [2.05, 4.69) is 0 Å². The van der Waals surface area contributed by atoms with E-state index >= 15 is 0 Å². The zero-order chi connectivity index (χ0) is 15.1. The van der Waals surface area contributed by atoms with E-state index in [0.717, 1.165) is 0 Å². The van der Waals surface area contributed by atoms with E-state index in [-0.39, 0.29) is 13.2 Å². The third kappa shape index (κ3) is 11.9. The van der Waals surface area contributed by atoms with Gasteiger partial charge in [0.2, 0.25) is 0 Å². The highest BCUT2D eigenvalue weighted by molar-refractivity contribution is 5.87. The molecule has 1 N–H and O–H groups in total. The van der Waals surface area contributed by atoms with Crippen molar-refractivity contribution >= 4 is 5.97 Å². The van der Waals surface area contributed by atoms with E-state index in [4.69, 9.17) is 28.8 Å². The molecule has 0 amide bonds. The number of aliphatic hydroxyl groups is 1. The topological polar surface area (TPSA) is 83.5 Å². The lowest BCUT2D eigenvalue weighted by molar-refractivity contribution is -0.140. The molecule has 7 nitrogen and oxygen atoms in total. The van der Waals surface area contributed by atoms with Gasteiger partial charge in [0, 0.05) is 0 Å². The smallest absolute Gasteiger partial charge is 0.336 e. The van der Waals surface area contributed by atoms with Crippen LogP contribution in [0.4, 0.5) is 0 Å². The molecular formula is C13H24O7. The van der Waals surface area contributed by atoms with Crippen molar-refractivity contribution in [2.45, 2.75) is 6.92 Å². The molecule has 20 heavy (non-hydrogen) atoms. The van der Waals surface area contributed by atoms with Crippen LogP contribution >= 0.6 is 0 Å². The molecule has 0 fully saturated rings. The highest BCUT2D eigenvalue weighted by Crippen LogP contribution is 1.96. The first-order valence-corrected chi connectivity index (χ1v) is 6.43. The third-order valence-corrected chi connectivity index (χ3v) is 2.06. The summed E-state index contributed by atoms with van der Waals surface area (Å²) in [6.45, 7) is 4.22. The lowest BCUT2D eigenvalue weighted by Crippen LogP contribution is -2.14.